The summed E-state index contributed by atoms with van der Waals surface area (Å²) in [6.07, 6.45) is 9.32. The fourth-order valence-electron chi connectivity index (χ4n) is 3.83. The van der Waals surface area contributed by atoms with Crippen LogP contribution in [0.5, 0.6) is 11.5 Å². The molecule has 0 unspecified atom stereocenters. The molecule has 32 heavy (non-hydrogen) atoms. The maximum absolute atomic E-state index is 6.04. The summed E-state index contributed by atoms with van der Waals surface area (Å²) < 4.78 is 16.7. The third-order valence-electron chi connectivity index (χ3n) is 5.52. The summed E-state index contributed by atoms with van der Waals surface area (Å²) in [6.45, 7) is 5.84. The van der Waals surface area contributed by atoms with E-state index < -0.39 is 0 Å². The van der Waals surface area contributed by atoms with Crippen LogP contribution in [0.2, 0.25) is 0 Å². The highest BCUT2D eigenvalue weighted by Gasteiger charge is 2.26. The maximum atomic E-state index is 6.04. The van der Waals surface area contributed by atoms with Crippen molar-refractivity contribution in [2.24, 2.45) is 4.99 Å². The first-order valence-corrected chi connectivity index (χ1v) is 10.9. The van der Waals surface area contributed by atoms with Crippen molar-refractivity contribution in [2.45, 2.75) is 31.7 Å². The van der Waals surface area contributed by atoms with Gasteiger partial charge in [0.1, 0.15) is 5.82 Å². The number of rotatable bonds is 12. The van der Waals surface area contributed by atoms with E-state index in [4.69, 9.17) is 19.2 Å². The molecule has 1 aromatic carbocycles. The molecule has 1 saturated heterocycles. The van der Waals surface area contributed by atoms with Crippen molar-refractivity contribution in [1.29, 1.82) is 0 Å². The zero-order valence-electron chi connectivity index (χ0n) is 19.2. The summed E-state index contributed by atoms with van der Waals surface area (Å²) >= 11 is 0. The first-order chi connectivity index (χ1) is 15.7. The minimum atomic E-state index is 0.328. The van der Waals surface area contributed by atoms with Crippen LogP contribution in [0.25, 0.3) is 0 Å². The molecule has 0 aliphatic carbocycles. The Morgan fingerprint density at radius 2 is 2.09 bits per heavy atom. The molecular weight excluding hydrogens is 406 g/mol. The van der Waals surface area contributed by atoms with Gasteiger partial charge in [0.05, 0.1) is 26.9 Å². The highest BCUT2D eigenvalue weighted by atomic mass is 16.5. The number of aliphatic imine (C=N–C) groups is 1. The Morgan fingerprint density at radius 3 is 2.88 bits per heavy atom. The Labute approximate surface area is 190 Å². The van der Waals surface area contributed by atoms with Crippen LogP contribution in [-0.2, 0) is 11.2 Å². The lowest BCUT2D eigenvalue weighted by atomic mass is 10.1. The van der Waals surface area contributed by atoms with Crippen molar-refractivity contribution in [1.82, 2.24) is 9.97 Å². The smallest absolute Gasteiger partial charge is 0.231 e. The van der Waals surface area contributed by atoms with E-state index in [2.05, 4.69) is 27.7 Å². The van der Waals surface area contributed by atoms with Crippen LogP contribution < -0.4 is 19.3 Å². The molecule has 0 saturated carbocycles. The van der Waals surface area contributed by atoms with E-state index in [1.165, 1.54) is 5.56 Å². The Balaban J connectivity index is 1.49. The highest BCUT2D eigenvalue weighted by Crippen LogP contribution is 2.28. The molecule has 172 valence electrons. The number of aromatic nitrogens is 2. The fraction of sp³-hybridized carbons (Fsp3) is 0.458. The van der Waals surface area contributed by atoms with Gasteiger partial charge in [-0.2, -0.15) is 4.98 Å². The first kappa shape index (κ1) is 23.5. The zero-order chi connectivity index (χ0) is 22.8. The number of benzene rings is 1. The quantitative estimate of drug-likeness (QED) is 0.369. The predicted molar refractivity (Wildman–Crippen MR) is 128 cm³/mol. The minimum absolute atomic E-state index is 0.328. The van der Waals surface area contributed by atoms with Gasteiger partial charge in [0, 0.05) is 38.8 Å². The average Bonchev–Trinajstić information content (AvgIpc) is 3.30. The number of ether oxygens (including phenoxy) is 3. The van der Waals surface area contributed by atoms with Crippen LogP contribution in [0.15, 0.2) is 47.9 Å². The van der Waals surface area contributed by atoms with Gasteiger partial charge in [0.15, 0.2) is 11.5 Å². The van der Waals surface area contributed by atoms with E-state index in [-0.39, 0.29) is 0 Å². The topological polar surface area (TPSA) is 72.3 Å². The van der Waals surface area contributed by atoms with E-state index >= 15 is 0 Å². The van der Waals surface area contributed by atoms with E-state index in [9.17, 15) is 0 Å². The summed E-state index contributed by atoms with van der Waals surface area (Å²) in [5.41, 5.74) is 1.21. The van der Waals surface area contributed by atoms with Crippen LogP contribution in [0.1, 0.15) is 24.8 Å². The second-order valence-corrected chi connectivity index (χ2v) is 7.66. The van der Waals surface area contributed by atoms with Crippen molar-refractivity contribution >= 4 is 18.5 Å². The normalized spacial score (nSPS) is 15.8. The van der Waals surface area contributed by atoms with Crippen LogP contribution in [0, 0.1) is 0 Å². The lowest BCUT2D eigenvalue weighted by Gasteiger charge is -2.26. The first-order valence-electron chi connectivity index (χ1n) is 10.9. The zero-order valence-corrected chi connectivity index (χ0v) is 19.2. The van der Waals surface area contributed by atoms with Gasteiger partial charge in [-0.1, -0.05) is 6.07 Å². The maximum Gasteiger partial charge on any atom is 0.231 e. The molecule has 1 aromatic heterocycles. The van der Waals surface area contributed by atoms with Crippen LogP contribution in [0.4, 0.5) is 11.8 Å². The van der Waals surface area contributed by atoms with Gasteiger partial charge in [-0.05, 0) is 56.2 Å². The molecule has 8 heteroatoms. The molecule has 3 rings (SSSR count). The molecular formula is C24H33N5O3. The second-order valence-electron chi connectivity index (χ2n) is 7.66. The molecule has 8 nitrogen and oxygen atoms in total. The Bertz CT molecular complexity index is 905. The molecule has 0 radical (unpaired) electrons. The Morgan fingerprint density at radius 1 is 1.25 bits per heavy atom. The Kier molecular flexibility index (Phi) is 8.86. The van der Waals surface area contributed by atoms with Crippen molar-refractivity contribution < 1.29 is 14.2 Å². The van der Waals surface area contributed by atoms with E-state index in [0.717, 1.165) is 56.2 Å². The van der Waals surface area contributed by atoms with Gasteiger partial charge in [0.25, 0.3) is 0 Å². The van der Waals surface area contributed by atoms with Crippen LogP contribution in [-0.4, -0.2) is 63.8 Å². The molecule has 2 aromatic rings. The number of methoxy groups -OCH3 is 2. The Hall–Kier alpha value is -3.13. The molecule has 2 heterocycles. The molecule has 0 N–H and O–H groups in total. The van der Waals surface area contributed by atoms with E-state index in [1.54, 1.807) is 32.8 Å². The average molecular weight is 440 g/mol. The second kappa shape index (κ2) is 12.0. The molecule has 0 bridgehead atoms. The number of hydrogen-bond donors (Lipinski definition) is 0. The SMILES string of the molecule is C=N/C=C\N(C)c1nccc(N2CCC[C@@H]2COCCCc2ccc(OC)c(OC)c2)n1. The molecule has 1 aliphatic heterocycles. The number of nitrogens with zero attached hydrogens (tertiary/aromatic N) is 5. The van der Waals surface area contributed by atoms with Crippen LogP contribution in [0.3, 0.4) is 0 Å². The van der Waals surface area contributed by atoms with Gasteiger partial charge in [0.2, 0.25) is 5.95 Å². The fourth-order valence-corrected chi connectivity index (χ4v) is 3.83. The van der Waals surface area contributed by atoms with E-state index in [1.807, 2.05) is 30.1 Å². The summed E-state index contributed by atoms with van der Waals surface area (Å²) in [5, 5.41) is 0. The lowest BCUT2D eigenvalue weighted by molar-refractivity contribution is 0.119. The third kappa shape index (κ3) is 6.20. The van der Waals surface area contributed by atoms with E-state index in [0.29, 0.717) is 18.6 Å². The van der Waals surface area contributed by atoms with Gasteiger partial charge in [-0.3, -0.25) is 4.99 Å². The van der Waals surface area contributed by atoms with Crippen molar-refractivity contribution in [3.63, 3.8) is 0 Å². The monoisotopic (exact) mass is 439 g/mol. The summed E-state index contributed by atoms with van der Waals surface area (Å²) in [4.78, 5) is 17.0. The molecule has 0 amide bonds. The van der Waals surface area contributed by atoms with Gasteiger partial charge < -0.3 is 24.0 Å². The predicted octanol–water partition coefficient (Wildman–Crippen LogP) is 3.72. The van der Waals surface area contributed by atoms with Gasteiger partial charge in [-0.15, -0.1) is 0 Å². The standard InChI is InChI=1S/C24H33N5O3/c1-25-13-15-28(2)24-26-12-11-23(27-24)29-14-5-8-20(29)18-32-16-6-7-19-9-10-21(30-3)22(17-19)31-4/h9-13,15,17,20H,1,5-8,14,16,18H2,2-4H3/b15-13-/t20-/m1/s1. The molecule has 1 aliphatic rings. The summed E-state index contributed by atoms with van der Waals surface area (Å²) in [6, 6.07) is 8.34. The summed E-state index contributed by atoms with van der Waals surface area (Å²) in [7, 11) is 5.20. The highest BCUT2D eigenvalue weighted by molar-refractivity contribution is 5.46. The van der Waals surface area contributed by atoms with Crippen LogP contribution >= 0.6 is 0 Å². The largest absolute Gasteiger partial charge is 0.493 e. The molecule has 1 atom stereocenters. The summed E-state index contributed by atoms with van der Waals surface area (Å²) in [5.74, 6) is 3.07. The molecule has 1 fully saturated rings. The number of hydrogen-bond acceptors (Lipinski definition) is 8. The third-order valence-corrected chi connectivity index (χ3v) is 5.52. The van der Waals surface area contributed by atoms with Gasteiger partial charge >= 0.3 is 0 Å². The van der Waals surface area contributed by atoms with Crippen molar-refractivity contribution in [3.05, 3.63) is 48.4 Å². The number of aryl methyl sites for hydroxylation is 1. The van der Waals surface area contributed by atoms with Crippen molar-refractivity contribution in [2.75, 3.05) is 50.8 Å². The number of anilines is 2. The van der Waals surface area contributed by atoms with Crippen molar-refractivity contribution in [3.8, 4) is 11.5 Å². The van der Waals surface area contributed by atoms with Gasteiger partial charge in [-0.25, -0.2) is 4.98 Å². The lowest BCUT2D eigenvalue weighted by Crippen LogP contribution is -2.34. The molecule has 0 spiro atoms. The minimum Gasteiger partial charge on any atom is -0.493 e.